The minimum absolute atomic E-state index is 0.0137. The zero-order chi connectivity index (χ0) is 15.7. The Morgan fingerprint density at radius 3 is 2.48 bits per heavy atom. The number of amides is 1. The molecule has 3 N–H and O–H groups in total. The standard InChI is InChI=1S/C13H20N2O5S/c1-21(18,19)15-12-5-3-11(4-6-12)13(17)14-7-2-9-20-10-8-16/h3-6,15-16H,2,7-10H2,1H3,(H,14,17). The van der Waals surface area contributed by atoms with E-state index in [0.29, 0.717) is 37.4 Å². The number of carbonyl (C=O) groups excluding carboxylic acids is 1. The first-order chi connectivity index (χ1) is 9.92. The SMILES string of the molecule is CS(=O)(=O)Nc1ccc(C(=O)NCCCOCCO)cc1. The molecule has 0 unspecified atom stereocenters. The molecule has 7 nitrogen and oxygen atoms in total. The highest BCUT2D eigenvalue weighted by Gasteiger charge is 2.06. The summed E-state index contributed by atoms with van der Waals surface area (Å²) in [5.41, 5.74) is 0.858. The lowest BCUT2D eigenvalue weighted by Crippen LogP contribution is -2.25. The monoisotopic (exact) mass is 316 g/mol. The van der Waals surface area contributed by atoms with Gasteiger partial charge in [-0.15, -0.1) is 0 Å². The highest BCUT2D eigenvalue weighted by molar-refractivity contribution is 7.92. The van der Waals surface area contributed by atoms with E-state index in [1.54, 1.807) is 12.1 Å². The fraction of sp³-hybridized carbons (Fsp3) is 0.462. The normalized spacial score (nSPS) is 11.1. The van der Waals surface area contributed by atoms with Gasteiger partial charge in [0.25, 0.3) is 5.91 Å². The number of hydrogen-bond acceptors (Lipinski definition) is 5. The number of carbonyl (C=O) groups is 1. The first-order valence-corrected chi connectivity index (χ1v) is 8.36. The van der Waals surface area contributed by atoms with Crippen molar-refractivity contribution in [2.45, 2.75) is 6.42 Å². The third-order valence-electron chi connectivity index (χ3n) is 2.44. The Hall–Kier alpha value is -1.64. The van der Waals surface area contributed by atoms with Gasteiger partial charge < -0.3 is 15.2 Å². The van der Waals surface area contributed by atoms with E-state index in [-0.39, 0.29) is 12.5 Å². The average molecular weight is 316 g/mol. The van der Waals surface area contributed by atoms with Crippen LogP contribution in [-0.4, -0.2) is 52.1 Å². The summed E-state index contributed by atoms with van der Waals surface area (Å²) in [6.07, 6.45) is 1.71. The van der Waals surface area contributed by atoms with E-state index < -0.39 is 10.0 Å². The van der Waals surface area contributed by atoms with Crippen LogP contribution >= 0.6 is 0 Å². The van der Waals surface area contributed by atoms with Crippen LogP contribution in [0.1, 0.15) is 16.8 Å². The topological polar surface area (TPSA) is 105 Å². The number of aliphatic hydroxyl groups is 1. The van der Waals surface area contributed by atoms with Gasteiger partial charge in [0.15, 0.2) is 0 Å². The van der Waals surface area contributed by atoms with Crippen LogP contribution in [0, 0.1) is 0 Å². The van der Waals surface area contributed by atoms with Crippen molar-refractivity contribution in [1.82, 2.24) is 5.32 Å². The fourth-order valence-electron chi connectivity index (χ4n) is 1.55. The summed E-state index contributed by atoms with van der Waals surface area (Å²) in [7, 11) is -3.32. The number of rotatable bonds is 9. The van der Waals surface area contributed by atoms with Crippen molar-refractivity contribution in [2.75, 3.05) is 37.3 Å². The van der Waals surface area contributed by atoms with Crippen LogP contribution in [0.25, 0.3) is 0 Å². The molecule has 0 radical (unpaired) electrons. The fourth-order valence-corrected chi connectivity index (χ4v) is 2.11. The number of benzene rings is 1. The van der Waals surface area contributed by atoms with Crippen molar-refractivity contribution in [3.63, 3.8) is 0 Å². The highest BCUT2D eigenvalue weighted by atomic mass is 32.2. The summed E-state index contributed by atoms with van der Waals surface area (Å²) in [4.78, 5) is 11.8. The first-order valence-electron chi connectivity index (χ1n) is 6.47. The van der Waals surface area contributed by atoms with Gasteiger partial charge in [-0.25, -0.2) is 8.42 Å². The van der Waals surface area contributed by atoms with Gasteiger partial charge in [0.1, 0.15) is 0 Å². The zero-order valence-corrected chi connectivity index (χ0v) is 12.6. The van der Waals surface area contributed by atoms with Gasteiger partial charge in [-0.3, -0.25) is 9.52 Å². The molecular formula is C13H20N2O5S. The maximum Gasteiger partial charge on any atom is 0.251 e. The third-order valence-corrected chi connectivity index (χ3v) is 3.04. The largest absolute Gasteiger partial charge is 0.394 e. The molecule has 0 aliphatic carbocycles. The van der Waals surface area contributed by atoms with Crippen molar-refractivity contribution >= 4 is 21.6 Å². The number of nitrogens with one attached hydrogen (secondary N) is 2. The van der Waals surface area contributed by atoms with Crippen LogP contribution in [0.15, 0.2) is 24.3 Å². The van der Waals surface area contributed by atoms with Crippen LogP contribution in [0.3, 0.4) is 0 Å². The van der Waals surface area contributed by atoms with Gasteiger partial charge in [-0.2, -0.15) is 0 Å². The number of ether oxygens (including phenoxy) is 1. The molecule has 1 rings (SSSR count). The van der Waals surface area contributed by atoms with Crippen molar-refractivity contribution in [2.24, 2.45) is 0 Å². The molecule has 1 aromatic rings. The highest BCUT2D eigenvalue weighted by Crippen LogP contribution is 2.10. The van der Waals surface area contributed by atoms with Gasteiger partial charge in [0.2, 0.25) is 10.0 Å². The van der Waals surface area contributed by atoms with Crippen LogP contribution in [0.5, 0.6) is 0 Å². The molecule has 0 fully saturated rings. The number of hydrogen-bond donors (Lipinski definition) is 3. The molecule has 118 valence electrons. The molecule has 0 aromatic heterocycles. The van der Waals surface area contributed by atoms with Gasteiger partial charge >= 0.3 is 0 Å². The van der Waals surface area contributed by atoms with Crippen molar-refractivity contribution in [1.29, 1.82) is 0 Å². The summed E-state index contributed by atoms with van der Waals surface area (Å²) in [5, 5.41) is 11.2. The molecule has 0 saturated carbocycles. The maximum atomic E-state index is 11.8. The first kappa shape index (κ1) is 17.4. The van der Waals surface area contributed by atoms with E-state index in [0.717, 1.165) is 6.26 Å². The van der Waals surface area contributed by atoms with Crippen molar-refractivity contribution < 1.29 is 23.1 Å². The van der Waals surface area contributed by atoms with E-state index in [9.17, 15) is 13.2 Å². The second-order valence-corrected chi connectivity index (χ2v) is 6.15. The Balaban J connectivity index is 2.38. The zero-order valence-electron chi connectivity index (χ0n) is 11.8. The smallest absolute Gasteiger partial charge is 0.251 e. The third kappa shape index (κ3) is 7.64. The summed E-state index contributed by atoms with van der Waals surface area (Å²) in [5.74, 6) is -0.233. The number of anilines is 1. The van der Waals surface area contributed by atoms with Gasteiger partial charge in [-0.05, 0) is 30.7 Å². The molecule has 0 heterocycles. The van der Waals surface area contributed by atoms with Crippen LogP contribution in [0.4, 0.5) is 5.69 Å². The van der Waals surface area contributed by atoms with Gasteiger partial charge in [-0.1, -0.05) is 0 Å². The molecule has 21 heavy (non-hydrogen) atoms. The molecule has 1 amide bonds. The summed E-state index contributed by atoms with van der Waals surface area (Å²) >= 11 is 0. The van der Waals surface area contributed by atoms with E-state index in [1.807, 2.05) is 0 Å². The molecule has 0 aliphatic rings. The summed E-state index contributed by atoms with van der Waals surface area (Å²) in [6.45, 7) is 1.22. The van der Waals surface area contributed by atoms with E-state index in [4.69, 9.17) is 9.84 Å². The molecule has 0 bridgehead atoms. The lowest BCUT2D eigenvalue weighted by Gasteiger charge is -2.07. The number of aliphatic hydroxyl groups excluding tert-OH is 1. The molecular weight excluding hydrogens is 296 g/mol. The second-order valence-electron chi connectivity index (χ2n) is 4.40. The Labute approximate surface area is 124 Å². The molecule has 1 aromatic carbocycles. The Kier molecular flexibility index (Phi) is 7.13. The van der Waals surface area contributed by atoms with E-state index in [2.05, 4.69) is 10.0 Å². The Morgan fingerprint density at radius 2 is 1.90 bits per heavy atom. The number of sulfonamides is 1. The van der Waals surface area contributed by atoms with Gasteiger partial charge in [0.05, 0.1) is 19.5 Å². The van der Waals surface area contributed by atoms with Gasteiger partial charge in [0, 0.05) is 24.4 Å². The van der Waals surface area contributed by atoms with Crippen molar-refractivity contribution in [3.8, 4) is 0 Å². The van der Waals surface area contributed by atoms with E-state index in [1.165, 1.54) is 12.1 Å². The lowest BCUT2D eigenvalue weighted by molar-refractivity contribution is 0.0867. The maximum absolute atomic E-state index is 11.8. The second kappa shape index (κ2) is 8.60. The van der Waals surface area contributed by atoms with E-state index >= 15 is 0 Å². The molecule has 0 spiro atoms. The summed E-state index contributed by atoms with van der Waals surface area (Å²) < 4.78 is 29.5. The molecule has 0 saturated heterocycles. The predicted octanol–water partition coefficient (Wildman–Crippen LogP) is 0.187. The Morgan fingerprint density at radius 1 is 1.24 bits per heavy atom. The van der Waals surface area contributed by atoms with Crippen LogP contribution < -0.4 is 10.0 Å². The minimum atomic E-state index is -3.32. The lowest BCUT2D eigenvalue weighted by atomic mass is 10.2. The Bertz CT molecular complexity index is 542. The predicted molar refractivity (Wildman–Crippen MR) is 79.8 cm³/mol. The summed E-state index contributed by atoms with van der Waals surface area (Å²) in [6, 6.07) is 6.15. The molecule has 0 aliphatic heterocycles. The quantitative estimate of drug-likeness (QED) is 0.564. The molecule has 0 atom stereocenters. The van der Waals surface area contributed by atoms with Crippen LogP contribution in [-0.2, 0) is 14.8 Å². The van der Waals surface area contributed by atoms with Crippen LogP contribution in [0.2, 0.25) is 0 Å². The molecule has 8 heteroatoms. The minimum Gasteiger partial charge on any atom is -0.394 e. The van der Waals surface area contributed by atoms with Crippen molar-refractivity contribution in [3.05, 3.63) is 29.8 Å². The average Bonchev–Trinajstić information content (AvgIpc) is 2.41.